The molecule has 0 aliphatic rings. The van der Waals surface area contributed by atoms with Crippen molar-refractivity contribution in [1.29, 1.82) is 0 Å². The van der Waals surface area contributed by atoms with E-state index in [9.17, 15) is 9.18 Å². The lowest BCUT2D eigenvalue weighted by molar-refractivity contribution is -0.125. The van der Waals surface area contributed by atoms with Gasteiger partial charge in [-0.05, 0) is 40.0 Å². The number of primary amides is 1. The van der Waals surface area contributed by atoms with E-state index in [4.69, 9.17) is 17.3 Å². The van der Waals surface area contributed by atoms with Crippen molar-refractivity contribution in [2.75, 3.05) is 0 Å². The molecule has 0 aromatic heterocycles. The molecular weight excluding hydrogens is 296 g/mol. The molecule has 0 aliphatic carbocycles. The first kappa shape index (κ1) is 13.5. The van der Waals surface area contributed by atoms with Crippen molar-refractivity contribution >= 4 is 33.4 Å². The first-order valence-electron chi connectivity index (χ1n) is 4.67. The number of hydrogen-bond donors (Lipinski definition) is 1. The van der Waals surface area contributed by atoms with Gasteiger partial charge >= 0.3 is 0 Å². The van der Waals surface area contributed by atoms with E-state index in [1.165, 1.54) is 12.1 Å². The molecule has 0 heterocycles. The van der Waals surface area contributed by atoms with Crippen LogP contribution >= 0.6 is 27.5 Å². The molecule has 0 radical (unpaired) electrons. The van der Waals surface area contributed by atoms with Crippen LogP contribution in [-0.4, -0.2) is 5.91 Å². The summed E-state index contributed by atoms with van der Waals surface area (Å²) in [6.45, 7) is 3.40. The van der Waals surface area contributed by atoms with Gasteiger partial charge < -0.3 is 5.73 Å². The Bertz CT molecular complexity index is 434. The Morgan fingerprint density at radius 3 is 2.62 bits per heavy atom. The third-order valence-electron chi connectivity index (χ3n) is 2.37. The van der Waals surface area contributed by atoms with Crippen LogP contribution < -0.4 is 5.73 Å². The summed E-state index contributed by atoms with van der Waals surface area (Å²) in [4.78, 5) is 11.2. The minimum absolute atomic E-state index is 0.303. The largest absolute Gasteiger partial charge is 0.369 e. The summed E-state index contributed by atoms with van der Waals surface area (Å²) in [6.07, 6.45) is 0.303. The molecule has 0 saturated carbocycles. The lowest BCUT2D eigenvalue weighted by Crippen LogP contribution is -2.33. The molecule has 0 bridgehead atoms. The van der Waals surface area contributed by atoms with E-state index in [1.807, 2.05) is 0 Å². The average molecular weight is 309 g/mol. The summed E-state index contributed by atoms with van der Waals surface area (Å²) >= 11 is 9.16. The molecular formula is C11H12BrClFNO. The second-order valence-corrected chi connectivity index (χ2v) is 5.52. The summed E-state index contributed by atoms with van der Waals surface area (Å²) in [7, 11) is 0. The number of benzene rings is 1. The highest BCUT2D eigenvalue weighted by atomic mass is 79.9. The maximum Gasteiger partial charge on any atom is 0.223 e. The smallest absolute Gasteiger partial charge is 0.223 e. The Morgan fingerprint density at radius 1 is 1.56 bits per heavy atom. The van der Waals surface area contributed by atoms with Crippen molar-refractivity contribution in [3.63, 3.8) is 0 Å². The zero-order chi connectivity index (χ0) is 12.5. The fraction of sp³-hybridized carbons (Fsp3) is 0.364. The first-order chi connectivity index (χ1) is 7.24. The monoisotopic (exact) mass is 307 g/mol. The lowest BCUT2D eigenvalue weighted by Gasteiger charge is -2.21. The molecule has 1 aromatic rings. The molecule has 0 fully saturated rings. The van der Waals surface area contributed by atoms with Crippen LogP contribution in [0.2, 0.25) is 5.02 Å². The van der Waals surface area contributed by atoms with Crippen LogP contribution in [0.4, 0.5) is 4.39 Å². The highest BCUT2D eigenvalue weighted by Crippen LogP contribution is 2.32. The van der Waals surface area contributed by atoms with E-state index in [1.54, 1.807) is 13.8 Å². The molecule has 16 heavy (non-hydrogen) atoms. The van der Waals surface area contributed by atoms with E-state index < -0.39 is 17.1 Å². The van der Waals surface area contributed by atoms with E-state index in [0.29, 0.717) is 21.5 Å². The molecule has 5 heteroatoms. The molecule has 0 aliphatic heterocycles. The van der Waals surface area contributed by atoms with Gasteiger partial charge in [0.15, 0.2) is 0 Å². The summed E-state index contributed by atoms with van der Waals surface area (Å²) in [5, 5.41) is 0.413. The van der Waals surface area contributed by atoms with Gasteiger partial charge in [0.1, 0.15) is 5.82 Å². The van der Waals surface area contributed by atoms with Gasteiger partial charge in [0.05, 0.1) is 5.02 Å². The Labute approximate surface area is 107 Å². The van der Waals surface area contributed by atoms with Gasteiger partial charge in [-0.3, -0.25) is 4.79 Å². The zero-order valence-electron chi connectivity index (χ0n) is 8.98. The summed E-state index contributed by atoms with van der Waals surface area (Å²) in [5.74, 6) is -0.838. The number of carbonyl (C=O) groups is 1. The summed E-state index contributed by atoms with van der Waals surface area (Å²) in [5.41, 5.74) is 5.07. The van der Waals surface area contributed by atoms with E-state index in [0.717, 1.165) is 0 Å². The molecule has 88 valence electrons. The van der Waals surface area contributed by atoms with Crippen molar-refractivity contribution in [1.82, 2.24) is 0 Å². The number of halogens is 3. The fourth-order valence-electron chi connectivity index (χ4n) is 1.30. The van der Waals surface area contributed by atoms with Gasteiger partial charge in [-0.15, -0.1) is 0 Å². The predicted molar refractivity (Wildman–Crippen MR) is 65.8 cm³/mol. The molecule has 0 unspecified atom stereocenters. The van der Waals surface area contributed by atoms with E-state index in [2.05, 4.69) is 15.9 Å². The molecule has 0 saturated heterocycles. The van der Waals surface area contributed by atoms with Gasteiger partial charge in [-0.25, -0.2) is 4.39 Å². The number of hydrogen-bond acceptors (Lipinski definition) is 1. The minimum Gasteiger partial charge on any atom is -0.369 e. The Kier molecular flexibility index (Phi) is 3.97. The van der Waals surface area contributed by atoms with Crippen molar-refractivity contribution in [3.05, 3.63) is 33.0 Å². The van der Waals surface area contributed by atoms with Crippen molar-refractivity contribution in [2.24, 2.45) is 11.1 Å². The van der Waals surface area contributed by atoms with Crippen molar-refractivity contribution < 1.29 is 9.18 Å². The first-order valence-corrected chi connectivity index (χ1v) is 5.84. The van der Waals surface area contributed by atoms with Gasteiger partial charge in [-0.1, -0.05) is 25.4 Å². The zero-order valence-corrected chi connectivity index (χ0v) is 11.3. The second-order valence-electron chi connectivity index (χ2n) is 4.29. The average Bonchev–Trinajstić information content (AvgIpc) is 2.12. The maximum absolute atomic E-state index is 13.2. The standard InChI is InChI=1S/C11H12BrClFNO/c1-11(2,10(15)16)5-6-3-7(14)4-8(12)9(6)13/h3-4H,5H2,1-2H3,(H2,15,16). The highest BCUT2D eigenvalue weighted by Gasteiger charge is 2.26. The van der Waals surface area contributed by atoms with Crippen LogP contribution in [0.5, 0.6) is 0 Å². The van der Waals surface area contributed by atoms with Crippen LogP contribution in [0.15, 0.2) is 16.6 Å². The fourth-order valence-corrected chi connectivity index (χ4v) is 1.95. The number of amides is 1. The molecule has 1 amide bonds. The molecule has 2 nitrogen and oxygen atoms in total. The SMILES string of the molecule is CC(C)(Cc1cc(F)cc(Br)c1Cl)C(N)=O. The topological polar surface area (TPSA) is 43.1 Å². The Hall–Kier alpha value is -0.610. The molecule has 1 rings (SSSR count). The van der Waals surface area contributed by atoms with Crippen LogP contribution in [-0.2, 0) is 11.2 Å². The van der Waals surface area contributed by atoms with E-state index in [-0.39, 0.29) is 0 Å². The van der Waals surface area contributed by atoms with Crippen molar-refractivity contribution in [3.8, 4) is 0 Å². The third-order valence-corrected chi connectivity index (χ3v) is 3.67. The Morgan fingerprint density at radius 2 is 2.12 bits per heavy atom. The number of carbonyl (C=O) groups excluding carboxylic acids is 1. The minimum atomic E-state index is -0.753. The van der Waals surface area contributed by atoms with Gasteiger partial charge in [0, 0.05) is 9.89 Å². The predicted octanol–water partition coefficient (Wildman–Crippen LogP) is 3.30. The van der Waals surface area contributed by atoms with Gasteiger partial charge in [-0.2, -0.15) is 0 Å². The highest BCUT2D eigenvalue weighted by molar-refractivity contribution is 9.10. The second kappa shape index (κ2) is 4.72. The van der Waals surface area contributed by atoms with Gasteiger partial charge in [0.25, 0.3) is 0 Å². The summed E-state index contributed by atoms with van der Waals surface area (Å²) in [6, 6.07) is 2.60. The van der Waals surface area contributed by atoms with Crippen LogP contribution in [0.1, 0.15) is 19.4 Å². The third kappa shape index (κ3) is 2.95. The number of nitrogens with two attached hydrogens (primary N) is 1. The number of rotatable bonds is 3. The van der Waals surface area contributed by atoms with Crippen LogP contribution in [0.25, 0.3) is 0 Å². The normalized spacial score (nSPS) is 11.6. The maximum atomic E-state index is 13.2. The quantitative estimate of drug-likeness (QED) is 0.856. The summed E-state index contributed by atoms with van der Waals surface area (Å²) < 4.78 is 13.7. The van der Waals surface area contributed by atoms with Crippen LogP contribution in [0.3, 0.4) is 0 Å². The van der Waals surface area contributed by atoms with Crippen LogP contribution in [0, 0.1) is 11.2 Å². The molecule has 1 aromatic carbocycles. The molecule has 0 atom stereocenters. The molecule has 2 N–H and O–H groups in total. The lowest BCUT2D eigenvalue weighted by atomic mass is 9.85. The van der Waals surface area contributed by atoms with Crippen molar-refractivity contribution in [2.45, 2.75) is 20.3 Å². The van der Waals surface area contributed by atoms with E-state index >= 15 is 0 Å². The Balaban J connectivity index is 3.11. The van der Waals surface area contributed by atoms with Gasteiger partial charge in [0.2, 0.25) is 5.91 Å². The molecule has 0 spiro atoms.